The molecule has 0 saturated carbocycles. The average Bonchev–Trinajstić information content (AvgIpc) is 2.36. The minimum Gasteiger partial charge on any atom is -0.346 e. The van der Waals surface area contributed by atoms with Crippen molar-refractivity contribution < 1.29 is 31.1 Å². The Kier molecular flexibility index (Phi) is 6.02. The first-order valence-corrected chi connectivity index (χ1v) is 7.15. The lowest BCUT2D eigenvalue weighted by Gasteiger charge is -2.39. The van der Waals surface area contributed by atoms with E-state index in [0.29, 0.717) is 0 Å². The van der Waals surface area contributed by atoms with E-state index in [1.165, 1.54) is 31.3 Å². The van der Waals surface area contributed by atoms with Crippen molar-refractivity contribution in [1.82, 2.24) is 5.32 Å². The van der Waals surface area contributed by atoms with Crippen molar-refractivity contribution in [1.29, 1.82) is 0 Å². The molecule has 0 saturated heterocycles. The van der Waals surface area contributed by atoms with E-state index in [2.05, 4.69) is 0 Å². The Morgan fingerprint density at radius 3 is 2.00 bits per heavy atom. The predicted molar refractivity (Wildman–Crippen MR) is 77.5 cm³/mol. The van der Waals surface area contributed by atoms with Crippen LogP contribution in [-0.2, 0) is 4.79 Å². The lowest BCUT2D eigenvalue weighted by molar-refractivity contribution is -0.296. The molecule has 0 unspecified atom stereocenters. The topological polar surface area (TPSA) is 41.1 Å². The molecule has 0 aliphatic rings. The van der Waals surface area contributed by atoms with Gasteiger partial charge in [-0.25, -0.2) is 0 Å². The molecule has 24 heavy (non-hydrogen) atoms. The predicted octanol–water partition coefficient (Wildman–Crippen LogP) is 4.74. The number of carbonyl (C=O) groups is 1. The van der Waals surface area contributed by atoms with Gasteiger partial charge in [-0.15, -0.1) is 0 Å². The maximum absolute atomic E-state index is 13.3. The summed E-state index contributed by atoms with van der Waals surface area (Å²) in [6.45, 7) is 2.98. The number of anilines is 1. The van der Waals surface area contributed by atoms with Gasteiger partial charge in [0.25, 0.3) is 0 Å². The lowest BCUT2D eigenvalue weighted by atomic mass is 10.1. The summed E-state index contributed by atoms with van der Waals surface area (Å²) in [5.41, 5.74) is -5.27. The van der Waals surface area contributed by atoms with Crippen LogP contribution in [0.3, 0.4) is 0 Å². The van der Waals surface area contributed by atoms with Crippen LogP contribution >= 0.6 is 11.6 Å². The van der Waals surface area contributed by atoms with Crippen molar-refractivity contribution in [2.24, 2.45) is 5.92 Å². The summed E-state index contributed by atoms with van der Waals surface area (Å²) in [6.07, 6.45) is -12.2. The maximum atomic E-state index is 13.3. The van der Waals surface area contributed by atoms with Crippen LogP contribution in [0.2, 0.25) is 5.02 Å². The molecule has 136 valence electrons. The Bertz CT molecular complexity index is 571. The first-order chi connectivity index (χ1) is 10.8. The molecule has 0 aliphatic heterocycles. The van der Waals surface area contributed by atoms with Gasteiger partial charge in [-0.1, -0.05) is 37.6 Å². The first-order valence-electron chi connectivity index (χ1n) is 6.77. The molecular formula is C14H15ClF6N2O. The molecule has 1 aromatic rings. The molecule has 0 aromatic heterocycles. The summed E-state index contributed by atoms with van der Waals surface area (Å²) >= 11 is 5.64. The van der Waals surface area contributed by atoms with Gasteiger partial charge in [0.2, 0.25) is 5.91 Å². The van der Waals surface area contributed by atoms with Gasteiger partial charge < -0.3 is 10.6 Å². The Balaban J connectivity index is 3.38. The molecule has 0 bridgehead atoms. The van der Waals surface area contributed by atoms with Gasteiger partial charge in [0.05, 0.1) is 10.7 Å². The monoisotopic (exact) mass is 376 g/mol. The number of amides is 1. The fraction of sp³-hybridized carbons (Fsp3) is 0.500. The first kappa shape index (κ1) is 20.4. The molecule has 1 amide bonds. The Labute approximate surface area is 139 Å². The van der Waals surface area contributed by atoms with Crippen LogP contribution in [0.4, 0.5) is 32.0 Å². The third-order valence-corrected chi connectivity index (χ3v) is 3.30. The molecule has 10 heteroatoms. The molecule has 1 aromatic carbocycles. The summed E-state index contributed by atoms with van der Waals surface area (Å²) in [6, 6.07) is 4.62. The number of benzene rings is 1. The number of carbonyl (C=O) groups excluding carboxylic acids is 1. The Hall–Kier alpha value is -1.64. The highest BCUT2D eigenvalue weighted by Gasteiger charge is 2.72. The highest BCUT2D eigenvalue weighted by Crippen LogP contribution is 2.44. The number of rotatable bonds is 5. The number of alkyl halides is 6. The molecule has 0 atom stereocenters. The second-order valence-electron chi connectivity index (χ2n) is 5.50. The fourth-order valence-electron chi connectivity index (χ4n) is 1.87. The average molecular weight is 377 g/mol. The van der Waals surface area contributed by atoms with E-state index in [-0.39, 0.29) is 5.02 Å². The van der Waals surface area contributed by atoms with E-state index < -0.39 is 41.9 Å². The summed E-state index contributed by atoms with van der Waals surface area (Å²) in [7, 11) is 0. The number of hydrogen-bond donors (Lipinski definition) is 2. The number of halogens is 7. The van der Waals surface area contributed by atoms with Gasteiger partial charge in [0.15, 0.2) is 0 Å². The molecule has 3 nitrogen and oxygen atoms in total. The fourth-order valence-corrected chi connectivity index (χ4v) is 2.05. The van der Waals surface area contributed by atoms with Crippen molar-refractivity contribution in [3.63, 3.8) is 0 Å². The van der Waals surface area contributed by atoms with E-state index >= 15 is 0 Å². The van der Waals surface area contributed by atoms with E-state index in [4.69, 9.17) is 11.6 Å². The van der Waals surface area contributed by atoms with Gasteiger partial charge in [-0.3, -0.25) is 4.79 Å². The van der Waals surface area contributed by atoms with Crippen molar-refractivity contribution in [2.45, 2.75) is 38.3 Å². The van der Waals surface area contributed by atoms with E-state index in [1.54, 1.807) is 0 Å². The Morgan fingerprint density at radius 2 is 1.58 bits per heavy atom. The van der Waals surface area contributed by atoms with Crippen LogP contribution < -0.4 is 10.6 Å². The van der Waals surface area contributed by atoms with Gasteiger partial charge in [-0.2, -0.15) is 26.3 Å². The van der Waals surface area contributed by atoms with E-state index in [9.17, 15) is 31.1 Å². The number of nitrogens with one attached hydrogen (secondary N) is 2. The van der Waals surface area contributed by atoms with E-state index in [1.807, 2.05) is 0 Å². The summed E-state index contributed by atoms with van der Waals surface area (Å²) < 4.78 is 80.1. The zero-order chi connectivity index (χ0) is 18.8. The molecule has 0 fully saturated rings. The minimum absolute atomic E-state index is 0.353. The van der Waals surface area contributed by atoms with Crippen LogP contribution in [0, 0.1) is 5.92 Å². The summed E-state index contributed by atoms with van der Waals surface area (Å²) in [5.74, 6) is -1.82. The largest absolute Gasteiger partial charge is 0.439 e. The zero-order valence-corrected chi connectivity index (χ0v) is 13.4. The molecule has 0 aliphatic carbocycles. The zero-order valence-electron chi connectivity index (χ0n) is 12.6. The van der Waals surface area contributed by atoms with Crippen molar-refractivity contribution in [3.8, 4) is 0 Å². The highest BCUT2D eigenvalue weighted by molar-refractivity contribution is 6.33. The SMILES string of the molecule is CC(C)CC(=O)NC(Nc1ccccc1Cl)(C(F)(F)F)C(F)(F)F. The quantitative estimate of drug-likeness (QED) is 0.576. The normalized spacial score (nSPS) is 13.1. The lowest BCUT2D eigenvalue weighted by Crippen LogP contribution is -2.72. The standard InChI is InChI=1S/C14H15ClF6N2O/c1-8(2)7-11(24)23-12(13(16,17)18,14(19,20)21)22-10-6-4-3-5-9(10)15/h3-6,8,22H,7H2,1-2H3,(H,23,24). The van der Waals surface area contributed by atoms with Crippen molar-refractivity contribution in [3.05, 3.63) is 29.3 Å². The van der Waals surface area contributed by atoms with Gasteiger partial charge in [0, 0.05) is 6.42 Å². The van der Waals surface area contributed by atoms with Crippen molar-refractivity contribution >= 4 is 23.2 Å². The molecule has 0 radical (unpaired) electrons. The van der Waals surface area contributed by atoms with Crippen LogP contribution in [0.25, 0.3) is 0 Å². The van der Waals surface area contributed by atoms with Gasteiger partial charge >= 0.3 is 18.0 Å². The number of para-hydroxylation sites is 1. The minimum atomic E-state index is -5.86. The van der Waals surface area contributed by atoms with Gasteiger partial charge in [-0.05, 0) is 18.1 Å². The summed E-state index contributed by atoms with van der Waals surface area (Å²) in [5, 5.41) is 2.04. The number of hydrogen-bond acceptors (Lipinski definition) is 2. The van der Waals surface area contributed by atoms with Crippen molar-refractivity contribution in [2.75, 3.05) is 5.32 Å². The van der Waals surface area contributed by atoms with Crippen LogP contribution in [0.15, 0.2) is 24.3 Å². The second-order valence-corrected chi connectivity index (χ2v) is 5.90. The highest BCUT2D eigenvalue weighted by atomic mass is 35.5. The van der Waals surface area contributed by atoms with Crippen LogP contribution in [-0.4, -0.2) is 23.9 Å². The van der Waals surface area contributed by atoms with Crippen LogP contribution in [0.1, 0.15) is 20.3 Å². The third-order valence-electron chi connectivity index (χ3n) is 2.97. The molecule has 0 heterocycles. The molecule has 2 N–H and O–H groups in total. The third kappa shape index (κ3) is 4.46. The van der Waals surface area contributed by atoms with Gasteiger partial charge in [0.1, 0.15) is 0 Å². The maximum Gasteiger partial charge on any atom is 0.439 e. The molecule has 1 rings (SSSR count). The Morgan fingerprint density at radius 1 is 1.08 bits per heavy atom. The molecule has 0 spiro atoms. The van der Waals surface area contributed by atoms with E-state index in [0.717, 1.165) is 17.4 Å². The second kappa shape index (κ2) is 7.08. The molecular weight excluding hydrogens is 362 g/mol. The summed E-state index contributed by atoms with van der Waals surface area (Å²) in [4.78, 5) is 11.7. The smallest absolute Gasteiger partial charge is 0.346 e. The van der Waals surface area contributed by atoms with Crippen LogP contribution in [0.5, 0.6) is 0 Å².